The van der Waals surface area contributed by atoms with Crippen LogP contribution in [0.5, 0.6) is 0 Å². The van der Waals surface area contributed by atoms with Gasteiger partial charge in [0.1, 0.15) is 6.04 Å². The maximum absolute atomic E-state index is 10.4. The number of piperidine rings is 1. The molecule has 9 heavy (non-hydrogen) atoms. The summed E-state index contributed by atoms with van der Waals surface area (Å²) in [4.78, 5) is 10.4. The lowest BCUT2D eigenvalue weighted by molar-refractivity contribution is -0.139. The second-order valence-corrected chi connectivity index (χ2v) is 2.88. The maximum Gasteiger partial charge on any atom is 0.320 e. The van der Waals surface area contributed by atoms with Crippen LogP contribution in [0.1, 0.15) is 6.42 Å². The van der Waals surface area contributed by atoms with E-state index in [2.05, 4.69) is 5.32 Å². The molecule has 0 aromatic carbocycles. The molecule has 0 aromatic rings. The lowest BCUT2D eigenvalue weighted by Crippen LogP contribution is -2.34. The van der Waals surface area contributed by atoms with Crippen LogP contribution in [0.15, 0.2) is 0 Å². The van der Waals surface area contributed by atoms with Gasteiger partial charge in [0.05, 0.1) is 0 Å². The normalized spacial score (nSPS) is 46.4. The number of hydrogen-bond donors (Lipinski definition) is 2. The molecule has 2 fully saturated rings. The van der Waals surface area contributed by atoms with Crippen LogP contribution in [-0.4, -0.2) is 23.7 Å². The monoisotopic (exact) mass is 127 g/mol. The summed E-state index contributed by atoms with van der Waals surface area (Å²) in [6, 6.07) is -0.227. The predicted octanol–water partition coefficient (Wildman–Crippen LogP) is -0.321. The molecular formula is C6H9NO2. The third kappa shape index (κ3) is 0.645. The zero-order valence-corrected chi connectivity index (χ0v) is 5.00. The molecule has 0 unspecified atom stereocenters. The molecule has 2 rings (SSSR count). The Morgan fingerprint density at radius 2 is 2.44 bits per heavy atom. The van der Waals surface area contributed by atoms with E-state index in [1.54, 1.807) is 0 Å². The summed E-state index contributed by atoms with van der Waals surface area (Å²) < 4.78 is 0. The van der Waals surface area contributed by atoms with Crippen molar-refractivity contribution in [3.05, 3.63) is 0 Å². The van der Waals surface area contributed by atoms with Gasteiger partial charge < -0.3 is 10.4 Å². The lowest BCUT2D eigenvalue weighted by Gasteiger charge is -2.04. The van der Waals surface area contributed by atoms with E-state index in [4.69, 9.17) is 5.11 Å². The first-order valence-corrected chi connectivity index (χ1v) is 3.25. The molecule has 0 aromatic heterocycles. The number of nitrogens with one attached hydrogen (secondary N) is 1. The molecule has 1 aliphatic heterocycles. The second kappa shape index (κ2) is 1.48. The number of fused-ring (bicyclic) bond motifs is 1. The topological polar surface area (TPSA) is 49.3 Å². The number of aliphatic carboxylic acids is 1. The SMILES string of the molecule is O=C(O)[C@@H]1NC[C@@H]2C[C@@H]21. The Morgan fingerprint density at radius 1 is 1.67 bits per heavy atom. The minimum atomic E-state index is -0.681. The van der Waals surface area contributed by atoms with Gasteiger partial charge in [0.25, 0.3) is 0 Å². The van der Waals surface area contributed by atoms with E-state index < -0.39 is 5.97 Å². The van der Waals surface area contributed by atoms with E-state index in [1.807, 2.05) is 0 Å². The summed E-state index contributed by atoms with van der Waals surface area (Å²) >= 11 is 0. The summed E-state index contributed by atoms with van der Waals surface area (Å²) in [5, 5.41) is 11.5. The molecule has 0 spiro atoms. The van der Waals surface area contributed by atoms with Gasteiger partial charge >= 0.3 is 5.97 Å². The van der Waals surface area contributed by atoms with Crippen molar-refractivity contribution < 1.29 is 9.90 Å². The summed E-state index contributed by atoms with van der Waals surface area (Å²) in [6.07, 6.45) is 1.13. The molecule has 3 heteroatoms. The molecule has 1 aliphatic carbocycles. The largest absolute Gasteiger partial charge is 0.480 e. The Bertz CT molecular complexity index is 157. The van der Waals surface area contributed by atoms with E-state index in [9.17, 15) is 4.79 Å². The molecule has 3 atom stereocenters. The fourth-order valence-electron chi connectivity index (χ4n) is 1.61. The van der Waals surface area contributed by atoms with Crippen LogP contribution in [0, 0.1) is 11.8 Å². The van der Waals surface area contributed by atoms with E-state index in [0.29, 0.717) is 11.8 Å². The van der Waals surface area contributed by atoms with Gasteiger partial charge in [-0.25, -0.2) is 0 Å². The van der Waals surface area contributed by atoms with E-state index in [0.717, 1.165) is 13.0 Å². The first-order chi connectivity index (χ1) is 4.29. The number of carboxylic acids is 1. The molecule has 2 N–H and O–H groups in total. The number of rotatable bonds is 1. The Balaban J connectivity index is 2.06. The fraction of sp³-hybridized carbons (Fsp3) is 0.833. The van der Waals surface area contributed by atoms with Gasteiger partial charge in [-0.1, -0.05) is 0 Å². The zero-order chi connectivity index (χ0) is 6.43. The molecule has 1 saturated heterocycles. The maximum atomic E-state index is 10.4. The number of carboxylic acid groups (broad SMARTS) is 1. The van der Waals surface area contributed by atoms with Gasteiger partial charge in [-0.05, 0) is 24.8 Å². The van der Waals surface area contributed by atoms with Gasteiger partial charge in [-0.2, -0.15) is 0 Å². The van der Waals surface area contributed by atoms with Gasteiger partial charge in [0.2, 0.25) is 0 Å². The Labute approximate surface area is 53.1 Å². The third-order valence-electron chi connectivity index (χ3n) is 2.27. The highest BCUT2D eigenvalue weighted by Crippen LogP contribution is 2.44. The van der Waals surface area contributed by atoms with Crippen molar-refractivity contribution in [2.45, 2.75) is 12.5 Å². The van der Waals surface area contributed by atoms with Crippen LogP contribution in [0.3, 0.4) is 0 Å². The van der Waals surface area contributed by atoms with Crippen molar-refractivity contribution in [2.24, 2.45) is 11.8 Å². The highest BCUT2D eigenvalue weighted by Gasteiger charge is 2.51. The molecule has 1 heterocycles. The third-order valence-corrected chi connectivity index (χ3v) is 2.27. The summed E-state index contributed by atoms with van der Waals surface area (Å²) in [5.74, 6) is 0.466. The van der Waals surface area contributed by atoms with Crippen LogP contribution in [0.2, 0.25) is 0 Å². The highest BCUT2D eigenvalue weighted by molar-refractivity contribution is 5.75. The van der Waals surface area contributed by atoms with Crippen LogP contribution in [0.25, 0.3) is 0 Å². The van der Waals surface area contributed by atoms with Crippen molar-refractivity contribution >= 4 is 5.97 Å². The average molecular weight is 127 g/mol. The Kier molecular flexibility index (Phi) is 0.858. The Morgan fingerprint density at radius 3 is 2.67 bits per heavy atom. The number of hydrogen-bond acceptors (Lipinski definition) is 2. The first-order valence-electron chi connectivity index (χ1n) is 3.25. The summed E-state index contributed by atoms with van der Waals surface area (Å²) in [7, 11) is 0. The minimum absolute atomic E-state index is 0.227. The van der Waals surface area contributed by atoms with Gasteiger partial charge in [-0.15, -0.1) is 0 Å². The molecule has 0 bridgehead atoms. The molecule has 0 radical (unpaired) electrons. The predicted molar refractivity (Wildman–Crippen MR) is 31.0 cm³/mol. The molecule has 3 nitrogen and oxygen atoms in total. The van der Waals surface area contributed by atoms with Crippen molar-refractivity contribution in [1.82, 2.24) is 5.32 Å². The smallest absolute Gasteiger partial charge is 0.320 e. The van der Waals surface area contributed by atoms with Gasteiger partial charge in [0, 0.05) is 0 Å². The van der Waals surface area contributed by atoms with E-state index >= 15 is 0 Å². The second-order valence-electron chi connectivity index (χ2n) is 2.88. The lowest BCUT2D eigenvalue weighted by atomic mass is 10.2. The zero-order valence-electron chi connectivity index (χ0n) is 5.00. The quantitative estimate of drug-likeness (QED) is 0.507. The van der Waals surface area contributed by atoms with Gasteiger partial charge in [0.15, 0.2) is 0 Å². The molecular weight excluding hydrogens is 118 g/mol. The van der Waals surface area contributed by atoms with Crippen molar-refractivity contribution in [3.8, 4) is 0 Å². The molecule has 0 amide bonds. The minimum Gasteiger partial charge on any atom is -0.480 e. The van der Waals surface area contributed by atoms with E-state index in [1.165, 1.54) is 0 Å². The van der Waals surface area contributed by atoms with Crippen LogP contribution in [0.4, 0.5) is 0 Å². The molecule has 1 saturated carbocycles. The van der Waals surface area contributed by atoms with Crippen LogP contribution in [-0.2, 0) is 4.79 Å². The summed E-state index contributed by atoms with van der Waals surface area (Å²) in [6.45, 7) is 0.918. The average Bonchev–Trinajstić information content (AvgIpc) is 2.43. The van der Waals surface area contributed by atoms with Gasteiger partial charge in [-0.3, -0.25) is 4.79 Å². The molecule has 2 aliphatic rings. The van der Waals surface area contributed by atoms with Crippen molar-refractivity contribution in [2.75, 3.05) is 6.54 Å². The highest BCUT2D eigenvalue weighted by atomic mass is 16.4. The van der Waals surface area contributed by atoms with Crippen LogP contribution >= 0.6 is 0 Å². The Hall–Kier alpha value is -0.570. The summed E-state index contributed by atoms with van der Waals surface area (Å²) in [5.41, 5.74) is 0. The van der Waals surface area contributed by atoms with E-state index in [-0.39, 0.29) is 6.04 Å². The van der Waals surface area contributed by atoms with Crippen molar-refractivity contribution in [3.63, 3.8) is 0 Å². The molecule has 50 valence electrons. The first kappa shape index (κ1) is 5.23. The van der Waals surface area contributed by atoms with Crippen molar-refractivity contribution in [1.29, 1.82) is 0 Å². The van der Waals surface area contributed by atoms with Crippen LogP contribution < -0.4 is 5.32 Å². The fourth-order valence-corrected chi connectivity index (χ4v) is 1.61. The standard InChI is InChI=1S/C6H9NO2/c8-6(9)5-4-1-3(4)2-7-5/h3-5,7H,1-2H2,(H,8,9)/t3-,4-,5+/m0/s1. The number of carbonyl (C=O) groups is 1.